The molecular formula is C22H25F2N3O2S. The van der Waals surface area contributed by atoms with Crippen LogP contribution in [0.25, 0.3) is 22.2 Å². The van der Waals surface area contributed by atoms with Crippen molar-refractivity contribution in [3.05, 3.63) is 53.9 Å². The molecule has 5 nitrogen and oxygen atoms in total. The van der Waals surface area contributed by atoms with Crippen LogP contribution in [0.4, 0.5) is 8.78 Å². The van der Waals surface area contributed by atoms with E-state index in [0.717, 1.165) is 0 Å². The smallest absolute Gasteiger partial charge is 0.214 e. The lowest BCUT2D eigenvalue weighted by molar-refractivity contribution is 0.349. The molecule has 3 aromatic rings. The molecule has 0 atom stereocenters. The van der Waals surface area contributed by atoms with Crippen LogP contribution >= 0.6 is 0 Å². The van der Waals surface area contributed by atoms with Crippen molar-refractivity contribution in [2.75, 3.05) is 0 Å². The van der Waals surface area contributed by atoms with Crippen LogP contribution in [0.2, 0.25) is 0 Å². The van der Waals surface area contributed by atoms with E-state index < -0.39 is 21.7 Å². The molecule has 1 fully saturated rings. The number of fused-ring (bicyclic) bond motifs is 1. The fourth-order valence-electron chi connectivity index (χ4n) is 3.61. The zero-order chi connectivity index (χ0) is 21.7. The second kappa shape index (κ2) is 7.42. The fourth-order valence-corrected chi connectivity index (χ4v) is 4.96. The van der Waals surface area contributed by atoms with Gasteiger partial charge in [0.05, 0.1) is 5.25 Å². The molecule has 0 spiro atoms. The second-order valence-electron chi connectivity index (χ2n) is 9.09. The van der Waals surface area contributed by atoms with Gasteiger partial charge in [-0.2, -0.15) is 0 Å². The quantitative estimate of drug-likeness (QED) is 0.618. The third-order valence-corrected chi connectivity index (χ3v) is 7.03. The third kappa shape index (κ3) is 4.25. The van der Waals surface area contributed by atoms with Gasteiger partial charge in [-0.25, -0.2) is 21.9 Å². The van der Waals surface area contributed by atoms with Crippen LogP contribution in [-0.4, -0.2) is 23.2 Å². The van der Waals surface area contributed by atoms with Crippen molar-refractivity contribution in [3.63, 3.8) is 0 Å². The Morgan fingerprint density at radius 1 is 1.20 bits per heavy atom. The monoisotopic (exact) mass is 433 g/mol. The van der Waals surface area contributed by atoms with Crippen LogP contribution in [-0.2, 0) is 23.1 Å². The first kappa shape index (κ1) is 20.9. The highest BCUT2D eigenvalue weighted by Crippen LogP contribution is 2.33. The molecule has 1 aliphatic rings. The third-order valence-electron chi connectivity index (χ3n) is 5.14. The van der Waals surface area contributed by atoms with Crippen LogP contribution in [0, 0.1) is 17.0 Å². The summed E-state index contributed by atoms with van der Waals surface area (Å²) in [6.07, 6.45) is 4.63. The first-order valence-corrected chi connectivity index (χ1v) is 11.5. The SMILES string of the molecule is CC(C)(C)Cn1cc(CNS(=O)(=O)C2CC2)c2cc(F)c(-c3ncccc3F)cc21. The molecule has 8 heteroatoms. The number of nitrogens with one attached hydrogen (secondary N) is 1. The Morgan fingerprint density at radius 2 is 1.93 bits per heavy atom. The van der Waals surface area contributed by atoms with Gasteiger partial charge in [-0.15, -0.1) is 0 Å². The van der Waals surface area contributed by atoms with Crippen LogP contribution in [0.5, 0.6) is 0 Å². The maximum atomic E-state index is 15.0. The summed E-state index contributed by atoms with van der Waals surface area (Å²) in [4.78, 5) is 4.01. The molecular weight excluding hydrogens is 408 g/mol. The number of hydrogen-bond acceptors (Lipinski definition) is 3. The number of hydrogen-bond donors (Lipinski definition) is 1. The van der Waals surface area contributed by atoms with Crippen LogP contribution in [0.1, 0.15) is 39.2 Å². The second-order valence-corrected chi connectivity index (χ2v) is 11.1. The van der Waals surface area contributed by atoms with Gasteiger partial charge in [0.1, 0.15) is 17.3 Å². The van der Waals surface area contributed by atoms with E-state index in [1.165, 1.54) is 24.4 Å². The lowest BCUT2D eigenvalue weighted by Crippen LogP contribution is -2.26. The van der Waals surface area contributed by atoms with Gasteiger partial charge in [0, 0.05) is 41.9 Å². The summed E-state index contributed by atoms with van der Waals surface area (Å²) in [6.45, 7) is 6.96. The molecule has 1 aromatic carbocycles. The van der Waals surface area contributed by atoms with Gasteiger partial charge in [-0.05, 0) is 48.1 Å². The molecule has 0 unspecified atom stereocenters. The normalized spacial score (nSPS) is 15.1. The van der Waals surface area contributed by atoms with Crippen LogP contribution in [0.15, 0.2) is 36.7 Å². The van der Waals surface area contributed by atoms with Crippen LogP contribution in [0.3, 0.4) is 0 Å². The van der Waals surface area contributed by atoms with E-state index in [2.05, 4.69) is 30.5 Å². The Kier molecular flexibility index (Phi) is 5.18. The molecule has 0 saturated heterocycles. The summed E-state index contributed by atoms with van der Waals surface area (Å²) < 4.78 is 58.3. The summed E-state index contributed by atoms with van der Waals surface area (Å²) >= 11 is 0. The Balaban J connectivity index is 1.81. The van der Waals surface area contributed by atoms with Crippen molar-refractivity contribution < 1.29 is 17.2 Å². The van der Waals surface area contributed by atoms with E-state index in [9.17, 15) is 17.2 Å². The minimum Gasteiger partial charge on any atom is -0.347 e. The average Bonchev–Trinajstić information content (AvgIpc) is 3.46. The van der Waals surface area contributed by atoms with Crippen molar-refractivity contribution in [1.29, 1.82) is 0 Å². The van der Waals surface area contributed by atoms with Crippen LogP contribution < -0.4 is 4.72 Å². The molecule has 1 aliphatic carbocycles. The first-order valence-electron chi connectivity index (χ1n) is 9.96. The zero-order valence-corrected chi connectivity index (χ0v) is 18.1. The molecule has 1 N–H and O–H groups in total. The molecule has 0 bridgehead atoms. The molecule has 30 heavy (non-hydrogen) atoms. The van der Waals surface area contributed by atoms with Gasteiger partial charge >= 0.3 is 0 Å². The minimum absolute atomic E-state index is 0.0450. The maximum Gasteiger partial charge on any atom is 0.214 e. The number of rotatable bonds is 6. The van der Waals surface area contributed by atoms with Crippen molar-refractivity contribution in [3.8, 4) is 11.3 Å². The summed E-state index contributed by atoms with van der Waals surface area (Å²) in [5.74, 6) is -1.19. The highest BCUT2D eigenvalue weighted by molar-refractivity contribution is 7.90. The van der Waals surface area contributed by atoms with E-state index >= 15 is 0 Å². The average molecular weight is 434 g/mol. The van der Waals surface area contributed by atoms with E-state index in [1.54, 1.807) is 6.07 Å². The minimum atomic E-state index is -3.36. The molecule has 0 amide bonds. The molecule has 2 heterocycles. The Bertz CT molecular complexity index is 1210. The van der Waals surface area contributed by atoms with Crippen molar-refractivity contribution >= 4 is 20.9 Å². The van der Waals surface area contributed by atoms with E-state index in [0.29, 0.717) is 35.9 Å². The Labute approximate surface area is 175 Å². The van der Waals surface area contributed by atoms with Crippen molar-refractivity contribution in [2.45, 2.75) is 52.0 Å². The van der Waals surface area contributed by atoms with E-state index in [4.69, 9.17) is 0 Å². The highest BCUT2D eigenvalue weighted by Gasteiger charge is 2.35. The van der Waals surface area contributed by atoms with Gasteiger partial charge in [-0.1, -0.05) is 20.8 Å². The fraction of sp³-hybridized carbons (Fsp3) is 0.409. The number of benzene rings is 1. The summed E-state index contributed by atoms with van der Waals surface area (Å²) in [5.41, 5.74) is 1.37. The topological polar surface area (TPSA) is 64.0 Å². The highest BCUT2D eigenvalue weighted by atomic mass is 32.2. The number of nitrogens with zero attached hydrogens (tertiary/aromatic N) is 2. The largest absolute Gasteiger partial charge is 0.347 e. The zero-order valence-electron chi connectivity index (χ0n) is 17.2. The maximum absolute atomic E-state index is 15.0. The predicted molar refractivity (Wildman–Crippen MR) is 113 cm³/mol. The molecule has 1 saturated carbocycles. The number of halogens is 2. The van der Waals surface area contributed by atoms with E-state index in [-0.39, 0.29) is 28.5 Å². The molecule has 4 rings (SSSR count). The van der Waals surface area contributed by atoms with E-state index in [1.807, 2.05) is 10.8 Å². The molecule has 0 aliphatic heterocycles. The summed E-state index contributed by atoms with van der Waals surface area (Å²) in [6, 6.07) is 5.65. The van der Waals surface area contributed by atoms with Gasteiger partial charge in [0.2, 0.25) is 10.0 Å². The predicted octanol–water partition coefficient (Wildman–Crippen LogP) is 4.61. The Hall–Kier alpha value is -2.32. The summed E-state index contributed by atoms with van der Waals surface area (Å²) in [5, 5.41) is 0.284. The first-order chi connectivity index (χ1) is 14.0. The lowest BCUT2D eigenvalue weighted by Gasteiger charge is -2.20. The standard InChI is InChI=1S/C22H25F2N3O2S/c1-22(2,3)13-27-12-14(11-26-30(28,29)15-6-7-15)16-9-19(24)17(10-20(16)27)21-18(23)5-4-8-25-21/h4-5,8-10,12,15,26H,6-7,11,13H2,1-3H3. The van der Waals surface area contributed by atoms with Gasteiger partial charge in [0.25, 0.3) is 0 Å². The Morgan fingerprint density at radius 3 is 2.57 bits per heavy atom. The lowest BCUT2D eigenvalue weighted by atomic mass is 9.97. The van der Waals surface area contributed by atoms with Gasteiger partial charge in [-0.3, -0.25) is 4.98 Å². The number of aromatic nitrogens is 2. The summed E-state index contributed by atoms with van der Waals surface area (Å²) in [7, 11) is -3.36. The van der Waals surface area contributed by atoms with Gasteiger partial charge < -0.3 is 4.57 Å². The number of sulfonamides is 1. The van der Waals surface area contributed by atoms with Gasteiger partial charge in [0.15, 0.2) is 0 Å². The van der Waals surface area contributed by atoms with Crippen molar-refractivity contribution in [1.82, 2.24) is 14.3 Å². The van der Waals surface area contributed by atoms with Crippen molar-refractivity contribution in [2.24, 2.45) is 5.41 Å². The molecule has 0 radical (unpaired) electrons. The number of pyridine rings is 1. The molecule has 160 valence electrons. The molecule has 2 aromatic heterocycles.